The Morgan fingerprint density at radius 2 is 1.76 bits per heavy atom. The maximum absolute atomic E-state index is 12.7. The molecule has 1 aromatic heterocycles. The van der Waals surface area contributed by atoms with Crippen molar-refractivity contribution in [1.29, 1.82) is 0 Å². The number of ether oxygens (including phenoxy) is 1. The minimum Gasteiger partial charge on any atom is -0.497 e. The number of carbonyl (C=O) groups excluding carboxylic acids is 1. The molecule has 29 heavy (non-hydrogen) atoms. The van der Waals surface area contributed by atoms with Crippen molar-refractivity contribution >= 4 is 54.6 Å². The Balaban J connectivity index is 1.81. The number of amides is 1. The first-order valence-corrected chi connectivity index (χ1v) is 11.4. The van der Waals surface area contributed by atoms with Gasteiger partial charge in [-0.25, -0.2) is 13.1 Å². The van der Waals surface area contributed by atoms with Crippen molar-refractivity contribution in [2.24, 2.45) is 0 Å². The number of sulfonamides is 1. The summed E-state index contributed by atoms with van der Waals surface area (Å²) in [5.41, 5.74) is -0.123. The van der Waals surface area contributed by atoms with Gasteiger partial charge in [0.05, 0.1) is 17.0 Å². The molecule has 1 amide bonds. The molecule has 0 aliphatic rings. The topological polar surface area (TPSA) is 84.5 Å². The second kappa shape index (κ2) is 7.95. The summed E-state index contributed by atoms with van der Waals surface area (Å²) in [7, 11) is -2.07. The number of hydrogen-bond donors (Lipinski definition) is 2. The summed E-state index contributed by atoms with van der Waals surface area (Å²) >= 11 is 7.65. The Morgan fingerprint density at radius 1 is 1.10 bits per heavy atom. The average molecular weight is 453 g/mol. The molecule has 0 radical (unpaired) electrons. The van der Waals surface area contributed by atoms with Gasteiger partial charge in [0.1, 0.15) is 10.6 Å². The minimum atomic E-state index is -3.64. The van der Waals surface area contributed by atoms with Crippen LogP contribution >= 0.6 is 22.9 Å². The summed E-state index contributed by atoms with van der Waals surface area (Å²) in [6.07, 6.45) is 0. The Bertz CT molecular complexity index is 1160. The Morgan fingerprint density at radius 3 is 2.34 bits per heavy atom. The first-order chi connectivity index (χ1) is 13.5. The van der Waals surface area contributed by atoms with E-state index in [1.807, 2.05) is 12.1 Å². The number of rotatable bonds is 5. The van der Waals surface area contributed by atoms with E-state index < -0.39 is 15.6 Å². The Hall–Kier alpha value is -2.13. The SMILES string of the molecule is COc1ccc2c(Cl)c(C(=O)Nc3ccc(S(=O)(=O)NC(C)(C)C)cc3)sc2c1. The highest BCUT2D eigenvalue weighted by atomic mass is 35.5. The van der Waals surface area contributed by atoms with Crippen LogP contribution in [0, 0.1) is 0 Å². The fourth-order valence-corrected chi connectivity index (χ4v) is 5.54. The minimum absolute atomic E-state index is 0.123. The summed E-state index contributed by atoms with van der Waals surface area (Å²) in [6, 6.07) is 11.4. The van der Waals surface area contributed by atoms with Gasteiger partial charge in [0.15, 0.2) is 0 Å². The highest BCUT2D eigenvalue weighted by Crippen LogP contribution is 2.37. The standard InChI is InChI=1S/C20H21ClN2O4S2/c1-20(2,3)23-29(25,26)14-8-5-12(6-9-14)22-19(24)18-17(21)15-10-7-13(27-4)11-16(15)28-18/h5-11,23H,1-4H3,(H,22,24). The number of fused-ring (bicyclic) bond motifs is 1. The zero-order valence-corrected chi connectivity index (χ0v) is 18.8. The van der Waals surface area contributed by atoms with E-state index in [9.17, 15) is 13.2 Å². The number of benzene rings is 2. The predicted molar refractivity (Wildman–Crippen MR) is 118 cm³/mol. The highest BCUT2D eigenvalue weighted by molar-refractivity contribution is 7.89. The average Bonchev–Trinajstić information content (AvgIpc) is 2.96. The van der Waals surface area contributed by atoms with Gasteiger partial charge in [0, 0.05) is 21.3 Å². The van der Waals surface area contributed by atoms with Crippen LogP contribution in [0.1, 0.15) is 30.4 Å². The van der Waals surface area contributed by atoms with E-state index >= 15 is 0 Å². The van der Waals surface area contributed by atoms with Crippen molar-refractivity contribution in [2.45, 2.75) is 31.2 Å². The van der Waals surface area contributed by atoms with E-state index in [4.69, 9.17) is 16.3 Å². The van der Waals surface area contributed by atoms with Gasteiger partial charge in [-0.15, -0.1) is 11.3 Å². The fourth-order valence-electron chi connectivity index (χ4n) is 2.69. The van der Waals surface area contributed by atoms with Crippen LogP contribution in [0.15, 0.2) is 47.4 Å². The summed E-state index contributed by atoms with van der Waals surface area (Å²) < 4.78 is 33.4. The van der Waals surface area contributed by atoms with Crippen LogP contribution in [0.25, 0.3) is 10.1 Å². The first kappa shape index (κ1) is 21.6. The lowest BCUT2D eigenvalue weighted by Crippen LogP contribution is -2.40. The van der Waals surface area contributed by atoms with Crippen LogP contribution in [0.4, 0.5) is 5.69 Å². The zero-order chi connectivity index (χ0) is 21.4. The van der Waals surface area contributed by atoms with Crippen LogP contribution < -0.4 is 14.8 Å². The van der Waals surface area contributed by atoms with Gasteiger partial charge >= 0.3 is 0 Å². The van der Waals surface area contributed by atoms with E-state index in [-0.39, 0.29) is 10.8 Å². The van der Waals surface area contributed by atoms with E-state index in [1.54, 1.807) is 46.1 Å². The molecule has 2 aromatic carbocycles. The third-order valence-corrected chi connectivity index (χ3v) is 7.34. The molecule has 0 bridgehead atoms. The molecule has 3 rings (SSSR count). The van der Waals surface area contributed by atoms with Crippen molar-refractivity contribution < 1.29 is 17.9 Å². The molecule has 0 spiro atoms. The second-order valence-electron chi connectivity index (χ2n) is 7.44. The third kappa shape index (κ3) is 4.90. The maximum atomic E-state index is 12.7. The molecule has 0 unspecified atom stereocenters. The molecular formula is C20H21ClN2O4S2. The van der Waals surface area contributed by atoms with Crippen molar-refractivity contribution in [1.82, 2.24) is 4.72 Å². The molecule has 6 nitrogen and oxygen atoms in total. The molecule has 1 heterocycles. The fraction of sp³-hybridized carbons (Fsp3) is 0.250. The quantitative estimate of drug-likeness (QED) is 0.577. The lowest BCUT2D eigenvalue weighted by Gasteiger charge is -2.20. The molecule has 0 fully saturated rings. The van der Waals surface area contributed by atoms with Gasteiger partial charge in [-0.2, -0.15) is 0 Å². The second-order valence-corrected chi connectivity index (χ2v) is 10.6. The lowest BCUT2D eigenvalue weighted by molar-refractivity contribution is 0.103. The van der Waals surface area contributed by atoms with Gasteiger partial charge in [-0.05, 0) is 63.2 Å². The number of carbonyl (C=O) groups is 1. The molecule has 0 aliphatic heterocycles. The van der Waals surface area contributed by atoms with Crippen LogP contribution in [-0.2, 0) is 10.0 Å². The Kier molecular flexibility index (Phi) is 5.91. The predicted octanol–water partition coefficient (Wildman–Crippen LogP) is 4.89. The Labute approximate surface area is 178 Å². The summed E-state index contributed by atoms with van der Waals surface area (Å²) in [4.78, 5) is 13.2. The van der Waals surface area contributed by atoms with Gasteiger partial charge in [0.25, 0.3) is 5.91 Å². The monoisotopic (exact) mass is 452 g/mol. The van der Waals surface area contributed by atoms with Gasteiger partial charge in [0.2, 0.25) is 10.0 Å². The summed E-state index contributed by atoms with van der Waals surface area (Å²) in [5, 5.41) is 3.91. The van der Waals surface area contributed by atoms with Crippen molar-refractivity contribution in [3.8, 4) is 5.75 Å². The van der Waals surface area contributed by atoms with E-state index in [1.165, 1.54) is 23.5 Å². The summed E-state index contributed by atoms with van der Waals surface area (Å²) in [5.74, 6) is 0.321. The van der Waals surface area contributed by atoms with Crippen molar-refractivity contribution in [3.63, 3.8) is 0 Å². The number of anilines is 1. The third-order valence-electron chi connectivity index (χ3n) is 3.91. The molecule has 2 N–H and O–H groups in total. The van der Waals surface area contributed by atoms with Gasteiger partial charge in [-0.3, -0.25) is 4.79 Å². The smallest absolute Gasteiger partial charge is 0.267 e. The molecular weight excluding hydrogens is 432 g/mol. The van der Waals surface area contributed by atoms with Crippen LogP contribution in [0.2, 0.25) is 5.02 Å². The summed E-state index contributed by atoms with van der Waals surface area (Å²) in [6.45, 7) is 5.30. The number of nitrogens with one attached hydrogen (secondary N) is 2. The zero-order valence-electron chi connectivity index (χ0n) is 16.4. The molecule has 0 aliphatic carbocycles. The maximum Gasteiger partial charge on any atom is 0.267 e. The number of methoxy groups -OCH3 is 1. The van der Waals surface area contributed by atoms with Crippen molar-refractivity contribution in [2.75, 3.05) is 12.4 Å². The van der Waals surface area contributed by atoms with E-state index in [0.717, 1.165) is 10.1 Å². The number of hydrogen-bond acceptors (Lipinski definition) is 5. The van der Waals surface area contributed by atoms with Crippen LogP contribution in [0.3, 0.4) is 0 Å². The molecule has 0 atom stereocenters. The molecule has 9 heteroatoms. The normalized spacial score (nSPS) is 12.2. The highest BCUT2D eigenvalue weighted by Gasteiger charge is 2.22. The van der Waals surface area contributed by atoms with Crippen molar-refractivity contribution in [3.05, 3.63) is 52.4 Å². The first-order valence-electron chi connectivity index (χ1n) is 8.71. The lowest BCUT2D eigenvalue weighted by atomic mass is 10.1. The number of thiophene rings is 1. The van der Waals surface area contributed by atoms with Gasteiger partial charge < -0.3 is 10.1 Å². The van der Waals surface area contributed by atoms with Crippen LogP contribution in [0.5, 0.6) is 5.75 Å². The van der Waals surface area contributed by atoms with E-state index in [2.05, 4.69) is 10.0 Å². The molecule has 154 valence electrons. The molecule has 0 saturated heterocycles. The van der Waals surface area contributed by atoms with Crippen LogP contribution in [-0.4, -0.2) is 27.0 Å². The largest absolute Gasteiger partial charge is 0.497 e. The number of halogens is 1. The van der Waals surface area contributed by atoms with E-state index in [0.29, 0.717) is 21.3 Å². The molecule has 0 saturated carbocycles. The molecule has 3 aromatic rings. The van der Waals surface area contributed by atoms with Gasteiger partial charge in [-0.1, -0.05) is 11.6 Å².